The van der Waals surface area contributed by atoms with E-state index in [-0.39, 0.29) is 79.5 Å². The highest BCUT2D eigenvalue weighted by Crippen LogP contribution is 2.50. The van der Waals surface area contributed by atoms with Crippen LogP contribution in [0.4, 0.5) is 0 Å². The summed E-state index contributed by atoms with van der Waals surface area (Å²) in [6.45, 7) is 9.19. The molecule has 13 rings (SSSR count). The third-order valence-corrected chi connectivity index (χ3v) is 23.3. The van der Waals surface area contributed by atoms with E-state index >= 15 is 33.6 Å². The van der Waals surface area contributed by atoms with Crippen molar-refractivity contribution in [3.05, 3.63) is 147 Å². The molecule has 0 aliphatic carbocycles. The van der Waals surface area contributed by atoms with Gasteiger partial charge in [-0.1, -0.05) is 81.2 Å². The molecule has 21 atom stereocenters. The van der Waals surface area contributed by atoms with Gasteiger partial charge in [-0.3, -0.25) is 58.1 Å². The second-order valence-electron chi connectivity index (χ2n) is 33.7. The quantitative estimate of drug-likeness (QED) is 0.0320. The molecule has 28 N–H and O–H groups in total. The van der Waals surface area contributed by atoms with E-state index in [1.807, 2.05) is 13.8 Å². The van der Waals surface area contributed by atoms with E-state index in [2.05, 4.69) is 53.2 Å². The zero-order valence-electron chi connectivity index (χ0n) is 71.6. The van der Waals surface area contributed by atoms with Crippen molar-refractivity contribution in [3.63, 3.8) is 0 Å². The lowest BCUT2D eigenvalue weighted by atomic mass is 9.86. The Morgan fingerprint density at radius 2 is 1.24 bits per heavy atom. The predicted molar refractivity (Wildman–Crippen MR) is 461 cm³/mol. The van der Waals surface area contributed by atoms with Crippen molar-refractivity contribution in [1.29, 1.82) is 0 Å². The number of hydrogen-bond donors (Lipinski definition) is 24. The van der Waals surface area contributed by atoms with Gasteiger partial charge in [0.25, 0.3) is 5.91 Å². The number of halogens is 2. The third kappa shape index (κ3) is 23.4. The number of aromatic hydroxyl groups is 4. The molecule has 41 nitrogen and oxygen atoms in total. The van der Waals surface area contributed by atoms with Crippen molar-refractivity contribution in [2.45, 2.75) is 220 Å². The van der Waals surface area contributed by atoms with Crippen LogP contribution < -0.4 is 90.3 Å². The number of fused-ring (bicyclic) bond motifs is 15. The molecule has 6 aromatic carbocycles. The molecule has 0 radical (unpaired) electrons. The standard InChI is InChI=1S/C87H108Cl2N14O27/c1-35(2)22-49(91)76(115)96-52(24-38-11-16-43(105)17-12-38)79(118)95-50(10-8-9-21-90)77(116)103-83(122)66-46-30-44(106)31-55(108)63(46)45-25-39(13-18-54(45)107)64-81(120)102-68(85(124)100-66)73(129-62-33-87(6,93)75(114)37(5)125-62)41-15-20-57(48(89)27-41)127-59-29-42-28-58(74(59)130-86-72(113)71(112)70(111)60(34-104)128-86)126-56-19-14-40(26-47(56)88)69(110)67(101-78(117)51(94-7)23-36(3)4)84(123)97-53(32-61(92)109)80(119)98-65(42)82(121)99-64/h11-20,25-31,35-37,49-53,60,62,64-73,75,86,94,104-108,110-114H,8-10,21-24,32-34,90-91,93H2,1-7H3,(H2,92,109)(H,95,118)(H,96,115)(H,97,123)(H,98,119)(H,99,121)(H,100,124)(H,101,117)(H,102,120)(H,103,116,122)/t37-,49-,50-,51+,52-,53-,60+,62-,64+,65+,66+,67+,68?,69+,70+,71-,72+,73+,75-,86-,87-/m0/s1. The Morgan fingerprint density at radius 3 is 1.85 bits per heavy atom. The van der Waals surface area contributed by atoms with Gasteiger partial charge < -0.3 is 150 Å². The molecule has 7 heterocycles. The highest BCUT2D eigenvalue weighted by molar-refractivity contribution is 6.32. The second kappa shape index (κ2) is 42.5. The number of ether oxygens (including phenoxy) is 6. The fourth-order valence-electron chi connectivity index (χ4n) is 15.8. The molecule has 0 spiro atoms. The lowest BCUT2D eigenvalue weighted by molar-refractivity contribution is -0.277. The number of nitrogens with two attached hydrogens (primary N) is 4. The fraction of sp³-hybridized carbons (Fsp3) is 0.460. The Balaban J connectivity index is 1.13. The van der Waals surface area contributed by atoms with Gasteiger partial charge >= 0.3 is 0 Å². The first-order valence-electron chi connectivity index (χ1n) is 41.9. The molecular weight excluding hydrogens is 1740 g/mol. The maximum absolute atomic E-state index is 16.6. The second-order valence-corrected chi connectivity index (χ2v) is 34.6. The van der Waals surface area contributed by atoms with Crippen LogP contribution in [-0.2, 0) is 73.4 Å². The molecule has 43 heteroatoms. The molecule has 130 heavy (non-hydrogen) atoms. The molecule has 7 aliphatic heterocycles. The number of aliphatic hydroxyl groups excluding tert-OH is 6. The molecule has 7 aliphatic rings. The van der Waals surface area contributed by atoms with Crippen LogP contribution in [0.3, 0.4) is 0 Å². The number of likely N-dealkylation sites (N-methyl/N-ethyl adjacent to an activating group) is 1. The molecule has 2 saturated heterocycles. The van der Waals surface area contributed by atoms with Gasteiger partial charge in [0.05, 0.1) is 47.4 Å². The van der Waals surface area contributed by atoms with Gasteiger partial charge in [-0.2, -0.15) is 0 Å². The number of amides is 11. The smallest absolute Gasteiger partial charge is 0.253 e. The van der Waals surface area contributed by atoms with Crippen LogP contribution in [0.25, 0.3) is 11.1 Å². The minimum absolute atomic E-state index is 0.0701. The molecule has 702 valence electrons. The number of primary amides is 1. The number of phenols is 4. The summed E-state index contributed by atoms with van der Waals surface area (Å²) in [7, 11) is 1.46. The summed E-state index contributed by atoms with van der Waals surface area (Å²) in [4.78, 5) is 168. The number of unbranched alkanes of at least 4 members (excludes halogenated alkanes) is 1. The predicted octanol–water partition coefficient (Wildman–Crippen LogP) is 0.0847. The Morgan fingerprint density at radius 1 is 0.623 bits per heavy atom. The van der Waals surface area contributed by atoms with Crippen LogP contribution in [0.15, 0.2) is 103 Å². The van der Waals surface area contributed by atoms with E-state index in [4.69, 9.17) is 74.6 Å². The van der Waals surface area contributed by atoms with Gasteiger partial charge in [-0.25, -0.2) is 0 Å². The lowest BCUT2D eigenvalue weighted by Crippen LogP contribution is -2.61. The summed E-state index contributed by atoms with van der Waals surface area (Å²) in [5.41, 5.74) is 20.4. The minimum Gasteiger partial charge on any atom is -0.508 e. The van der Waals surface area contributed by atoms with Crippen molar-refractivity contribution >= 4 is 88.2 Å². The van der Waals surface area contributed by atoms with Crippen molar-refractivity contribution in [2.24, 2.45) is 34.8 Å². The number of carbonyl (C=O) groups excluding carboxylic acids is 11. The Hall–Kier alpha value is -11.7. The number of rotatable bonds is 26. The molecule has 2 fully saturated rings. The van der Waals surface area contributed by atoms with E-state index in [0.717, 1.165) is 66.7 Å². The summed E-state index contributed by atoms with van der Waals surface area (Å²) in [6, 6.07) is -0.152. The number of hydrogen-bond acceptors (Lipinski definition) is 31. The SMILES string of the molecule is CN[C@H](CC(C)C)C(=O)N[C@H]1C(=O)N[C@@H](CC(N)=O)C(=O)N[C@H]2C(=O)N[C@H]3C(=O)NC(C(=O)N[C@@H](C(=O)NC(=O)[C@H](CCCCN)NC(=O)[C@H](Cc4ccc(O)cc4)NC(=O)[C@@H](N)CC(C)C)c4cc(O)cc(O)c4-c4cc3ccc4O)[C@H](O[C@H]3C[C@](C)(N)[C@@H](O)[C@H](C)O3)c3ccc(c(Cl)c3)Oc3cc2cc(c3O[C@@H]2O[C@H](CO)[C@@H](O)[C@H](O)[C@H]2O)Oc2ccc(cc2Cl)[C@H]1O. The van der Waals surface area contributed by atoms with Crippen molar-refractivity contribution < 1.29 is 132 Å². The summed E-state index contributed by atoms with van der Waals surface area (Å²) < 4.78 is 38.6. The van der Waals surface area contributed by atoms with Crippen LogP contribution in [0, 0.1) is 11.8 Å². The van der Waals surface area contributed by atoms with Crippen LogP contribution in [0.5, 0.6) is 51.7 Å². The van der Waals surface area contributed by atoms with Crippen LogP contribution >= 0.6 is 23.2 Å². The lowest BCUT2D eigenvalue weighted by Gasteiger charge is -2.44. The molecule has 11 amide bonds. The topological polar surface area (TPSA) is 670 Å². The summed E-state index contributed by atoms with van der Waals surface area (Å²) >= 11 is 14.5. The van der Waals surface area contributed by atoms with E-state index in [0.29, 0.717) is 5.56 Å². The summed E-state index contributed by atoms with van der Waals surface area (Å²) in [5.74, 6) is -19.9. The monoisotopic (exact) mass is 1850 g/mol. The van der Waals surface area contributed by atoms with E-state index in [1.165, 1.54) is 57.3 Å². The molecule has 0 saturated carbocycles. The number of nitrogens with one attached hydrogen (secondary N) is 10. The molecular formula is C87H108Cl2N14O27. The average molecular weight is 1850 g/mol. The summed E-state index contributed by atoms with van der Waals surface area (Å²) in [5, 5.41) is 139. The first-order chi connectivity index (χ1) is 61.5. The maximum Gasteiger partial charge on any atom is 0.253 e. The first-order valence-corrected chi connectivity index (χ1v) is 42.6. The zero-order chi connectivity index (χ0) is 94.9. The highest BCUT2D eigenvalue weighted by Gasteiger charge is 2.50. The van der Waals surface area contributed by atoms with Crippen LogP contribution in [0.2, 0.25) is 10.0 Å². The summed E-state index contributed by atoms with van der Waals surface area (Å²) in [6.07, 6.45) is -19.9. The fourth-order valence-corrected chi connectivity index (χ4v) is 16.2. The minimum atomic E-state index is -2.44. The first kappa shape index (κ1) is 98.9. The maximum atomic E-state index is 16.6. The number of aliphatic hydroxyl groups is 6. The molecule has 11 bridgehead atoms. The van der Waals surface area contributed by atoms with Crippen molar-refractivity contribution in [3.8, 4) is 62.9 Å². The van der Waals surface area contributed by atoms with Crippen LogP contribution in [0.1, 0.15) is 150 Å². The Bertz CT molecular complexity index is 5230. The van der Waals surface area contributed by atoms with Gasteiger partial charge in [0, 0.05) is 35.6 Å². The van der Waals surface area contributed by atoms with Gasteiger partial charge in [0.1, 0.15) is 119 Å². The van der Waals surface area contributed by atoms with Crippen molar-refractivity contribution in [2.75, 3.05) is 20.2 Å². The van der Waals surface area contributed by atoms with Gasteiger partial charge in [-0.15, -0.1) is 0 Å². The third-order valence-electron chi connectivity index (χ3n) is 22.7. The Kier molecular flexibility index (Phi) is 32.3. The zero-order valence-corrected chi connectivity index (χ0v) is 73.1. The number of carbonyl (C=O) groups is 11. The number of phenolic OH excluding ortho intramolecular Hbond substituents is 4. The molecule has 6 aromatic rings. The van der Waals surface area contributed by atoms with Gasteiger partial charge in [0.15, 0.2) is 17.8 Å². The largest absolute Gasteiger partial charge is 0.508 e. The average Bonchev–Trinajstić information content (AvgIpc) is 0.759. The normalized spacial score (nSPS) is 26.1. The molecule has 0 aromatic heterocycles. The number of imide groups is 1. The highest BCUT2D eigenvalue weighted by atomic mass is 35.5. The van der Waals surface area contributed by atoms with Gasteiger partial charge in [-0.05, 0) is 171 Å². The van der Waals surface area contributed by atoms with Crippen LogP contribution in [-0.4, -0.2) is 233 Å². The van der Waals surface area contributed by atoms with E-state index in [9.17, 15) is 70.2 Å². The van der Waals surface area contributed by atoms with Crippen molar-refractivity contribution in [1.82, 2.24) is 53.2 Å². The molecule has 1 unspecified atom stereocenters. The van der Waals surface area contributed by atoms with E-state index in [1.54, 1.807) is 13.8 Å². The van der Waals surface area contributed by atoms with E-state index < -0.39 is 290 Å². The van der Waals surface area contributed by atoms with Gasteiger partial charge in [0.2, 0.25) is 71.1 Å². The number of benzene rings is 6. The Labute approximate surface area is 754 Å².